The van der Waals surface area contributed by atoms with Crippen molar-refractivity contribution >= 4 is 34.4 Å². The summed E-state index contributed by atoms with van der Waals surface area (Å²) in [7, 11) is -0.507. The minimum atomic E-state index is -0.515. The molecule has 1 saturated heterocycles. The third-order valence-electron chi connectivity index (χ3n) is 13.7. The van der Waals surface area contributed by atoms with Gasteiger partial charge in [-0.25, -0.2) is 0 Å². The van der Waals surface area contributed by atoms with Gasteiger partial charge < -0.3 is 13.9 Å². The molecule has 1 spiro atoms. The highest BCUT2D eigenvalue weighted by Crippen LogP contribution is 2.62. The van der Waals surface area contributed by atoms with Crippen LogP contribution in [0.25, 0.3) is 49.7 Å². The molecule has 1 fully saturated rings. The first kappa shape index (κ1) is 33.6. The first-order valence-electron chi connectivity index (χ1n) is 20.0. The quantitative estimate of drug-likeness (QED) is 0.169. The summed E-state index contributed by atoms with van der Waals surface area (Å²) in [5.41, 5.74) is 15.9. The maximum absolute atomic E-state index is 6.86. The van der Waals surface area contributed by atoms with Gasteiger partial charge in [0.05, 0.1) is 27.7 Å². The fourth-order valence-electron chi connectivity index (χ4n) is 10.3. The molecule has 272 valence electrons. The van der Waals surface area contributed by atoms with E-state index >= 15 is 0 Å². The molecule has 1 aliphatic heterocycles. The molecule has 2 aliphatic carbocycles. The lowest BCUT2D eigenvalue weighted by Crippen LogP contribution is -2.41. The molecule has 11 rings (SSSR count). The molecule has 0 unspecified atom stereocenters. The van der Waals surface area contributed by atoms with Gasteiger partial charge in [-0.05, 0) is 125 Å². The Balaban J connectivity index is 1.19. The molecule has 0 amide bonds. The van der Waals surface area contributed by atoms with Crippen LogP contribution in [-0.4, -0.2) is 22.9 Å². The zero-order valence-electron chi connectivity index (χ0n) is 32.9. The maximum Gasteiger partial charge on any atom is 0.495 e. The fourth-order valence-corrected chi connectivity index (χ4v) is 10.3. The first-order chi connectivity index (χ1) is 27.0. The standard InChI is InChI=1S/C52H44BNO2/c1-49(2)40-20-11-13-22-42(40)52(43-23-14-12-21-41(43)49)39-29-27-33(32-38(39)48-44(52)24-16-25-45(48)53-55-50(3,4)51(5,6)56-53)34-28-30-47-37(31-34)36-19-10-15-26-46(36)54(47)35-17-8-7-9-18-35/h7-32H,1-6H3. The number of fused-ring (bicyclic) bond motifs is 12. The zero-order valence-corrected chi connectivity index (χ0v) is 32.9. The zero-order chi connectivity index (χ0) is 38.2. The van der Waals surface area contributed by atoms with E-state index in [0.29, 0.717) is 0 Å². The molecule has 1 aromatic heterocycles. The van der Waals surface area contributed by atoms with Crippen LogP contribution >= 0.6 is 0 Å². The summed E-state index contributed by atoms with van der Waals surface area (Å²) >= 11 is 0. The number of benzene rings is 7. The van der Waals surface area contributed by atoms with E-state index < -0.39 is 23.7 Å². The van der Waals surface area contributed by atoms with E-state index in [1.54, 1.807) is 0 Å². The van der Waals surface area contributed by atoms with Crippen molar-refractivity contribution in [3.05, 3.63) is 191 Å². The number of para-hydroxylation sites is 2. The molecule has 4 heteroatoms. The Morgan fingerprint density at radius 3 is 1.70 bits per heavy atom. The first-order valence-corrected chi connectivity index (χ1v) is 20.0. The Kier molecular flexibility index (Phi) is 6.88. The molecule has 0 radical (unpaired) electrons. The second-order valence-corrected chi connectivity index (χ2v) is 17.5. The van der Waals surface area contributed by atoms with Crippen LogP contribution in [0.15, 0.2) is 158 Å². The van der Waals surface area contributed by atoms with E-state index in [-0.39, 0.29) is 5.41 Å². The van der Waals surface area contributed by atoms with Crippen LogP contribution in [0.3, 0.4) is 0 Å². The van der Waals surface area contributed by atoms with Crippen LogP contribution in [-0.2, 0) is 20.1 Å². The summed E-state index contributed by atoms with van der Waals surface area (Å²) in [6.07, 6.45) is 0. The number of rotatable bonds is 3. The highest BCUT2D eigenvalue weighted by atomic mass is 16.7. The summed E-state index contributed by atoms with van der Waals surface area (Å²) in [4.78, 5) is 0. The number of nitrogens with zero attached hydrogens (tertiary/aromatic N) is 1. The molecule has 56 heavy (non-hydrogen) atoms. The van der Waals surface area contributed by atoms with Gasteiger partial charge in [-0.15, -0.1) is 0 Å². The van der Waals surface area contributed by atoms with E-state index in [0.717, 1.165) is 11.2 Å². The van der Waals surface area contributed by atoms with Gasteiger partial charge in [0, 0.05) is 21.9 Å². The second kappa shape index (κ2) is 11.4. The van der Waals surface area contributed by atoms with Crippen molar-refractivity contribution in [1.29, 1.82) is 0 Å². The van der Waals surface area contributed by atoms with Gasteiger partial charge >= 0.3 is 7.12 Å². The Morgan fingerprint density at radius 2 is 1.00 bits per heavy atom. The minimum Gasteiger partial charge on any atom is -0.399 e. The van der Waals surface area contributed by atoms with Gasteiger partial charge in [0.2, 0.25) is 0 Å². The molecule has 3 aliphatic rings. The molecular formula is C52H44BNO2. The van der Waals surface area contributed by atoms with E-state index in [1.807, 2.05) is 0 Å². The van der Waals surface area contributed by atoms with Crippen molar-refractivity contribution in [3.8, 4) is 27.9 Å². The third-order valence-corrected chi connectivity index (χ3v) is 13.7. The summed E-state index contributed by atoms with van der Waals surface area (Å²) in [6, 6.07) is 58.7. The van der Waals surface area contributed by atoms with Crippen molar-refractivity contribution in [2.24, 2.45) is 0 Å². The fraction of sp³-hybridized carbons (Fsp3) is 0.192. The van der Waals surface area contributed by atoms with Crippen molar-refractivity contribution in [2.45, 2.75) is 63.6 Å². The SMILES string of the molecule is CC1(C)c2ccccc2C2(c3ccc(-c4ccc5c(c4)c4ccccc4n5-c4ccccc4)cc3-c3c(B4OC(C)(C)C(C)(C)O4)cccc32)c2ccccc21. The lowest BCUT2D eigenvalue weighted by atomic mass is 9.55. The molecule has 0 saturated carbocycles. The second-order valence-electron chi connectivity index (χ2n) is 17.5. The maximum atomic E-state index is 6.86. The Bertz CT molecular complexity index is 2850. The van der Waals surface area contributed by atoms with Crippen molar-refractivity contribution < 1.29 is 9.31 Å². The lowest BCUT2D eigenvalue weighted by Gasteiger charge is -2.46. The van der Waals surface area contributed by atoms with Gasteiger partial charge in [-0.3, -0.25) is 0 Å². The highest BCUT2D eigenvalue weighted by molar-refractivity contribution is 6.64. The van der Waals surface area contributed by atoms with Gasteiger partial charge in [-0.2, -0.15) is 0 Å². The summed E-state index contributed by atoms with van der Waals surface area (Å²) < 4.78 is 16.1. The number of hydrogen-bond donors (Lipinski definition) is 0. The molecule has 0 atom stereocenters. The average Bonchev–Trinajstić information content (AvgIpc) is 3.78. The van der Waals surface area contributed by atoms with Gasteiger partial charge in [0.1, 0.15) is 0 Å². The molecule has 0 N–H and O–H groups in total. The molecular weight excluding hydrogens is 681 g/mol. The summed E-state index contributed by atoms with van der Waals surface area (Å²) in [5, 5.41) is 2.49. The van der Waals surface area contributed by atoms with Crippen LogP contribution in [0.4, 0.5) is 0 Å². The largest absolute Gasteiger partial charge is 0.495 e. The van der Waals surface area contributed by atoms with Gasteiger partial charge in [-0.1, -0.05) is 135 Å². The highest BCUT2D eigenvalue weighted by Gasteiger charge is 2.57. The van der Waals surface area contributed by atoms with Crippen LogP contribution in [0.5, 0.6) is 0 Å². The van der Waals surface area contributed by atoms with Crippen LogP contribution < -0.4 is 5.46 Å². The normalized spacial score (nSPS) is 17.9. The van der Waals surface area contributed by atoms with E-state index in [2.05, 4.69) is 204 Å². The van der Waals surface area contributed by atoms with E-state index in [1.165, 1.54) is 77.4 Å². The van der Waals surface area contributed by atoms with E-state index in [4.69, 9.17) is 9.31 Å². The topological polar surface area (TPSA) is 23.4 Å². The van der Waals surface area contributed by atoms with Crippen molar-refractivity contribution in [1.82, 2.24) is 4.57 Å². The van der Waals surface area contributed by atoms with Gasteiger partial charge in [0.25, 0.3) is 0 Å². The molecule has 8 aromatic rings. The number of aromatic nitrogens is 1. The van der Waals surface area contributed by atoms with E-state index in [9.17, 15) is 0 Å². The Labute approximate surface area is 329 Å². The third kappa shape index (κ3) is 4.32. The molecule has 2 heterocycles. The van der Waals surface area contributed by atoms with Crippen LogP contribution in [0.1, 0.15) is 74.9 Å². The predicted octanol–water partition coefficient (Wildman–Crippen LogP) is 11.8. The Morgan fingerprint density at radius 1 is 0.446 bits per heavy atom. The Hall–Kier alpha value is -5.68. The number of hydrogen-bond acceptors (Lipinski definition) is 2. The van der Waals surface area contributed by atoms with Gasteiger partial charge in [0.15, 0.2) is 0 Å². The smallest absolute Gasteiger partial charge is 0.399 e. The van der Waals surface area contributed by atoms with Crippen molar-refractivity contribution in [3.63, 3.8) is 0 Å². The minimum absolute atomic E-state index is 0.168. The predicted molar refractivity (Wildman–Crippen MR) is 231 cm³/mol. The molecule has 0 bridgehead atoms. The summed E-state index contributed by atoms with van der Waals surface area (Å²) in [6.45, 7) is 13.3. The summed E-state index contributed by atoms with van der Waals surface area (Å²) in [5.74, 6) is 0. The molecule has 7 aromatic carbocycles. The monoisotopic (exact) mass is 725 g/mol. The van der Waals surface area contributed by atoms with Crippen LogP contribution in [0.2, 0.25) is 0 Å². The average molecular weight is 726 g/mol. The molecule has 3 nitrogen and oxygen atoms in total. The lowest BCUT2D eigenvalue weighted by molar-refractivity contribution is 0.00578. The van der Waals surface area contributed by atoms with Crippen molar-refractivity contribution in [2.75, 3.05) is 0 Å². The van der Waals surface area contributed by atoms with Crippen LogP contribution in [0, 0.1) is 0 Å².